The Morgan fingerprint density at radius 1 is 1.25 bits per heavy atom. The van der Waals surface area contributed by atoms with Crippen LogP contribution in [0.5, 0.6) is 0 Å². The summed E-state index contributed by atoms with van der Waals surface area (Å²) in [5, 5.41) is 10.2. The summed E-state index contributed by atoms with van der Waals surface area (Å²) in [4.78, 5) is 49.9. The van der Waals surface area contributed by atoms with E-state index in [4.69, 9.17) is 15.4 Å². The number of ether oxygens (including phenoxy) is 1. The largest absolute Gasteiger partial charge is 0.490 e. The second-order valence-electron chi connectivity index (χ2n) is 6.25. The topological polar surface area (TPSA) is 268 Å². The molecule has 1 aliphatic heterocycles. The summed E-state index contributed by atoms with van der Waals surface area (Å²) in [6.07, 6.45) is -2.27. The number of aromatic amines is 1. The first-order valence-electron chi connectivity index (χ1n) is 8.39. The van der Waals surface area contributed by atoms with Crippen molar-refractivity contribution in [3.63, 3.8) is 0 Å². The fourth-order valence-electron chi connectivity index (χ4n) is 2.69. The van der Waals surface area contributed by atoms with Gasteiger partial charge in [0.05, 0.1) is 19.0 Å². The minimum atomic E-state index is -5.56. The highest BCUT2D eigenvalue weighted by molar-refractivity contribution is 7.66. The number of nitrogens with one attached hydrogen (secondary N) is 1. The lowest BCUT2D eigenvalue weighted by Gasteiger charge is -2.20. The van der Waals surface area contributed by atoms with Crippen LogP contribution in [0.3, 0.4) is 0 Å². The Labute approximate surface area is 177 Å². The molecule has 7 N–H and O–H groups in total. The number of rotatable bonds is 9. The zero-order chi connectivity index (χ0) is 23.9. The van der Waals surface area contributed by atoms with Crippen LogP contribution in [0.2, 0.25) is 0 Å². The third kappa shape index (κ3) is 5.88. The Hall–Kier alpha value is -1.52. The molecule has 4 unspecified atom stereocenters. The molecule has 0 spiro atoms. The van der Waals surface area contributed by atoms with Gasteiger partial charge in [-0.25, -0.2) is 18.7 Å². The third-order valence-corrected chi connectivity index (χ3v) is 8.25. The van der Waals surface area contributed by atoms with Gasteiger partial charge in [-0.3, -0.25) is 23.4 Å². The maximum atomic E-state index is 11.9. The van der Waals surface area contributed by atoms with Crippen molar-refractivity contribution in [2.45, 2.75) is 24.9 Å². The van der Waals surface area contributed by atoms with Gasteiger partial charge in [0.2, 0.25) is 5.95 Å². The number of nitrogens with zero attached hydrogens (tertiary/aromatic N) is 3. The Morgan fingerprint density at radius 3 is 2.56 bits per heavy atom. The van der Waals surface area contributed by atoms with Crippen molar-refractivity contribution in [3.8, 4) is 0 Å². The molecule has 3 rings (SSSR count). The van der Waals surface area contributed by atoms with E-state index >= 15 is 0 Å². The minimum Gasteiger partial charge on any atom is -0.390 e. The van der Waals surface area contributed by atoms with E-state index in [2.05, 4.69) is 32.6 Å². The molecule has 1 aliphatic rings. The fraction of sp³-hybridized carbons (Fsp3) is 0.545. The van der Waals surface area contributed by atoms with E-state index in [0.29, 0.717) is 7.11 Å². The van der Waals surface area contributed by atoms with Crippen LogP contribution in [0, 0.1) is 0 Å². The smallest absolute Gasteiger partial charge is 0.390 e. The summed E-state index contributed by atoms with van der Waals surface area (Å²) in [5.74, 6) is -0.183. The Kier molecular flexibility index (Phi) is 7.08. The molecule has 0 aliphatic carbocycles. The number of aliphatic hydroxyl groups excluding tert-OH is 1. The van der Waals surface area contributed by atoms with Gasteiger partial charge in [0.15, 0.2) is 11.2 Å². The van der Waals surface area contributed by atoms with Gasteiger partial charge in [-0.2, -0.15) is 13.6 Å². The Morgan fingerprint density at radius 2 is 1.91 bits per heavy atom. The van der Waals surface area contributed by atoms with Gasteiger partial charge >= 0.3 is 23.5 Å². The number of phosphoric acid groups is 3. The molecule has 1 fully saturated rings. The molecule has 2 aromatic heterocycles. The molecule has 0 amide bonds. The van der Waals surface area contributed by atoms with Crippen LogP contribution in [0.15, 0.2) is 11.1 Å². The molecule has 6 atom stereocenters. The van der Waals surface area contributed by atoms with Gasteiger partial charge in [0.25, 0.3) is 5.56 Å². The van der Waals surface area contributed by atoms with Crippen molar-refractivity contribution in [2.75, 3.05) is 19.5 Å². The second kappa shape index (κ2) is 9.02. The molecule has 1 saturated heterocycles. The lowest BCUT2D eigenvalue weighted by atomic mass is 10.2. The van der Waals surface area contributed by atoms with Gasteiger partial charge < -0.3 is 30.3 Å². The van der Waals surface area contributed by atoms with Gasteiger partial charge in [0.1, 0.15) is 12.3 Å². The van der Waals surface area contributed by atoms with Crippen LogP contribution in [0.25, 0.3) is 11.2 Å². The number of aliphatic hydroxyl groups is 1. The van der Waals surface area contributed by atoms with E-state index in [9.17, 15) is 33.4 Å². The summed E-state index contributed by atoms with van der Waals surface area (Å²) in [6, 6.07) is 0. The minimum absolute atomic E-state index is 0.0406. The van der Waals surface area contributed by atoms with Crippen LogP contribution in [0.4, 0.5) is 5.95 Å². The summed E-state index contributed by atoms with van der Waals surface area (Å²) in [7, 11) is -15.3. The highest BCUT2D eigenvalue weighted by Crippen LogP contribution is 2.67. The predicted molar refractivity (Wildman–Crippen MR) is 102 cm³/mol. The number of H-pyrrole nitrogens is 1. The van der Waals surface area contributed by atoms with Gasteiger partial charge in [0, 0.05) is 13.5 Å². The van der Waals surface area contributed by atoms with Crippen molar-refractivity contribution in [2.24, 2.45) is 0 Å². The van der Waals surface area contributed by atoms with E-state index in [0.717, 1.165) is 0 Å². The molecular weight excluding hydrogens is 503 g/mol. The van der Waals surface area contributed by atoms with E-state index in [1.807, 2.05) is 0 Å². The van der Waals surface area contributed by atoms with Crippen molar-refractivity contribution in [3.05, 3.63) is 16.7 Å². The number of anilines is 1. The average molecular weight is 521 g/mol. The van der Waals surface area contributed by atoms with E-state index in [-0.39, 0.29) is 23.5 Å². The van der Waals surface area contributed by atoms with Crippen LogP contribution in [0.1, 0.15) is 12.6 Å². The highest BCUT2D eigenvalue weighted by Gasteiger charge is 2.43. The number of phosphoric ester groups is 2. The SMILES string of the molecule is COP(=O)(O)OP(=O)(O)OP(=O)(O)OC[C@H]1O[C@@H](n2cnc3c(=O)[nH]c(N)nc32)CC1O. The molecule has 0 bridgehead atoms. The van der Waals surface area contributed by atoms with Crippen molar-refractivity contribution < 1.29 is 55.9 Å². The summed E-state index contributed by atoms with van der Waals surface area (Å²) in [6.45, 7) is -0.810. The van der Waals surface area contributed by atoms with Gasteiger partial charge in [-0.05, 0) is 0 Å². The van der Waals surface area contributed by atoms with Crippen LogP contribution in [-0.2, 0) is 36.1 Å². The molecular formula is C11H18N5O13P3. The molecule has 0 radical (unpaired) electrons. The summed E-state index contributed by atoms with van der Waals surface area (Å²) < 4.78 is 57.6. The van der Waals surface area contributed by atoms with Gasteiger partial charge in [-0.15, -0.1) is 0 Å². The molecule has 18 nitrogen and oxygen atoms in total. The molecule has 180 valence electrons. The zero-order valence-electron chi connectivity index (χ0n) is 15.9. The van der Waals surface area contributed by atoms with Gasteiger partial charge in [-0.1, -0.05) is 0 Å². The Balaban J connectivity index is 1.66. The first-order chi connectivity index (χ1) is 14.7. The van der Waals surface area contributed by atoms with Crippen molar-refractivity contribution >= 4 is 40.6 Å². The molecule has 0 aromatic carbocycles. The summed E-state index contributed by atoms with van der Waals surface area (Å²) in [5.41, 5.74) is 4.94. The fourth-order valence-corrected chi connectivity index (χ4v) is 5.95. The number of hydrogen-bond donors (Lipinski definition) is 6. The van der Waals surface area contributed by atoms with Crippen molar-refractivity contribution in [1.82, 2.24) is 19.5 Å². The zero-order valence-corrected chi connectivity index (χ0v) is 18.6. The third-order valence-electron chi connectivity index (χ3n) is 4.01. The highest BCUT2D eigenvalue weighted by atomic mass is 31.3. The monoisotopic (exact) mass is 521 g/mol. The van der Waals surface area contributed by atoms with E-state index < -0.39 is 54.1 Å². The predicted octanol–water partition coefficient (Wildman–Crippen LogP) is -0.652. The summed E-state index contributed by atoms with van der Waals surface area (Å²) >= 11 is 0. The second-order valence-corrected chi connectivity index (χ2v) is 11.0. The number of nitrogens with two attached hydrogens (primary N) is 1. The number of fused-ring (bicyclic) bond motifs is 1. The number of hydrogen-bond acceptors (Lipinski definition) is 13. The number of nitrogen functional groups attached to an aromatic ring is 1. The van der Waals surface area contributed by atoms with E-state index in [1.165, 1.54) is 10.9 Å². The van der Waals surface area contributed by atoms with E-state index in [1.54, 1.807) is 0 Å². The maximum Gasteiger partial charge on any atom is 0.490 e. The normalized spacial score (nSPS) is 27.1. The number of imidazole rings is 1. The molecule has 3 heterocycles. The van der Waals surface area contributed by atoms with Crippen LogP contribution in [-0.4, -0.2) is 65.2 Å². The van der Waals surface area contributed by atoms with Crippen LogP contribution >= 0.6 is 23.5 Å². The first kappa shape index (κ1) is 25.1. The maximum absolute atomic E-state index is 11.9. The standard InChI is InChI=1S/C11H18N5O13P3/c1-25-30(19,20)28-32(23,24)29-31(21,22)26-3-6-5(17)2-7(27-6)16-4-13-8-9(16)14-11(12)15-10(8)18/h4-7,17H,2-3H2,1H3,(H,19,20)(H,21,22)(H,23,24)(H3,12,14,15,18)/t5?,6-,7-/m1/s1. The van der Waals surface area contributed by atoms with Crippen LogP contribution < -0.4 is 11.3 Å². The lowest BCUT2D eigenvalue weighted by Crippen LogP contribution is -2.26. The van der Waals surface area contributed by atoms with Crippen molar-refractivity contribution in [1.29, 1.82) is 0 Å². The molecule has 21 heteroatoms. The average Bonchev–Trinajstić information content (AvgIpc) is 3.21. The Bertz CT molecular complexity index is 1200. The molecule has 32 heavy (non-hydrogen) atoms. The number of aromatic nitrogens is 4. The molecule has 2 aromatic rings. The molecule has 0 saturated carbocycles. The quantitative estimate of drug-likeness (QED) is 0.224. The first-order valence-corrected chi connectivity index (χ1v) is 12.9. The lowest BCUT2D eigenvalue weighted by molar-refractivity contribution is -0.0423.